The second kappa shape index (κ2) is 6.88. The smallest absolute Gasteiger partial charge is 0.348 e. The molecule has 0 aromatic heterocycles. The van der Waals surface area contributed by atoms with Gasteiger partial charge in [0.25, 0.3) is 5.69 Å². The highest BCUT2D eigenvalue weighted by Gasteiger charge is 2.35. The van der Waals surface area contributed by atoms with Crippen molar-refractivity contribution in [2.45, 2.75) is 11.0 Å². The number of fused-ring (bicyclic) bond motifs is 1. The number of anilines is 2. The van der Waals surface area contributed by atoms with E-state index in [1.54, 1.807) is 29.2 Å². The Bertz CT molecular complexity index is 1020. The minimum absolute atomic E-state index is 0.0251. The van der Waals surface area contributed by atoms with Gasteiger partial charge >= 0.3 is 5.97 Å². The molecule has 0 fully saturated rings. The lowest BCUT2D eigenvalue weighted by molar-refractivity contribution is -0.384. The van der Waals surface area contributed by atoms with Crippen molar-refractivity contribution < 1.29 is 27.6 Å². The molecule has 2 aromatic rings. The molecule has 10 heteroatoms. The van der Waals surface area contributed by atoms with Crippen LogP contribution in [0.4, 0.5) is 17.1 Å². The predicted octanol–water partition coefficient (Wildman–Crippen LogP) is 2.07. The molecular weight excluding hydrogens is 376 g/mol. The van der Waals surface area contributed by atoms with Gasteiger partial charge in [0.15, 0.2) is 9.84 Å². The van der Waals surface area contributed by atoms with Gasteiger partial charge in [-0.3, -0.25) is 10.1 Å². The largest absolute Gasteiger partial charge is 0.475 e. The number of carbonyl (C=O) groups excluding carboxylic acids is 1. The van der Waals surface area contributed by atoms with E-state index in [0.29, 0.717) is 11.4 Å². The summed E-state index contributed by atoms with van der Waals surface area (Å²) in [7, 11) is -2.39. The number of nitro groups is 1. The zero-order valence-corrected chi connectivity index (χ0v) is 15.3. The molecule has 0 N–H and O–H groups in total. The van der Waals surface area contributed by atoms with E-state index in [0.717, 1.165) is 12.3 Å². The van der Waals surface area contributed by atoms with Crippen LogP contribution in [0.3, 0.4) is 0 Å². The molecule has 0 amide bonds. The van der Waals surface area contributed by atoms with E-state index in [9.17, 15) is 23.3 Å². The van der Waals surface area contributed by atoms with Crippen molar-refractivity contribution in [2.24, 2.45) is 0 Å². The summed E-state index contributed by atoms with van der Waals surface area (Å²) in [5.41, 5.74) is 0.281. The highest BCUT2D eigenvalue weighted by molar-refractivity contribution is 7.90. The topological polar surface area (TPSA) is 116 Å². The monoisotopic (exact) mass is 392 g/mol. The Labute approximate surface area is 155 Å². The lowest BCUT2D eigenvalue weighted by atomic mass is 10.1. The minimum atomic E-state index is -3.62. The first-order valence-corrected chi connectivity index (χ1v) is 9.71. The van der Waals surface area contributed by atoms with Crippen molar-refractivity contribution in [3.8, 4) is 5.75 Å². The number of nitrogens with zero attached hydrogens (tertiary/aromatic N) is 2. The Hall–Kier alpha value is -3.14. The molecule has 0 saturated heterocycles. The maximum absolute atomic E-state index is 12.0. The zero-order chi connectivity index (χ0) is 19.8. The van der Waals surface area contributed by atoms with Gasteiger partial charge in [0.1, 0.15) is 11.4 Å². The van der Waals surface area contributed by atoms with E-state index in [2.05, 4.69) is 0 Å². The second-order valence-corrected chi connectivity index (χ2v) is 7.90. The number of esters is 1. The van der Waals surface area contributed by atoms with Gasteiger partial charge in [-0.05, 0) is 24.3 Å². The first kappa shape index (κ1) is 18.6. The SMILES string of the molecule is COC(=O)[C@@H]1CN(c2ccc(S(C)(=O)=O)cc2[N+](=O)[O-])c2ccccc2O1. The molecule has 27 heavy (non-hydrogen) atoms. The van der Waals surface area contributed by atoms with Crippen LogP contribution < -0.4 is 9.64 Å². The van der Waals surface area contributed by atoms with Gasteiger partial charge in [0, 0.05) is 12.3 Å². The van der Waals surface area contributed by atoms with Crippen molar-refractivity contribution in [3.05, 3.63) is 52.6 Å². The van der Waals surface area contributed by atoms with Crippen LogP contribution in [-0.2, 0) is 19.4 Å². The summed E-state index contributed by atoms with van der Waals surface area (Å²) in [6, 6.07) is 10.4. The lowest BCUT2D eigenvalue weighted by Crippen LogP contribution is -2.43. The zero-order valence-electron chi connectivity index (χ0n) is 14.5. The van der Waals surface area contributed by atoms with E-state index in [1.807, 2.05) is 0 Å². The summed E-state index contributed by atoms with van der Waals surface area (Å²) < 4.78 is 33.9. The van der Waals surface area contributed by atoms with Gasteiger partial charge in [-0.15, -0.1) is 0 Å². The van der Waals surface area contributed by atoms with Crippen LogP contribution in [0.2, 0.25) is 0 Å². The molecule has 1 aliphatic heterocycles. The highest BCUT2D eigenvalue weighted by atomic mass is 32.2. The van der Waals surface area contributed by atoms with Crippen molar-refractivity contribution >= 4 is 32.9 Å². The third kappa shape index (κ3) is 3.56. The second-order valence-electron chi connectivity index (χ2n) is 5.89. The molecule has 0 radical (unpaired) electrons. The molecular formula is C17H16N2O7S. The maximum Gasteiger partial charge on any atom is 0.348 e. The van der Waals surface area contributed by atoms with Crippen LogP contribution in [0.15, 0.2) is 47.4 Å². The van der Waals surface area contributed by atoms with E-state index < -0.39 is 32.5 Å². The molecule has 2 aromatic carbocycles. The van der Waals surface area contributed by atoms with E-state index in [1.165, 1.54) is 19.2 Å². The number of hydrogen-bond acceptors (Lipinski definition) is 8. The molecule has 3 rings (SSSR count). The quantitative estimate of drug-likeness (QED) is 0.441. The average molecular weight is 392 g/mol. The van der Waals surface area contributed by atoms with E-state index >= 15 is 0 Å². The standard InChI is InChI=1S/C17H16N2O7S/c1-25-17(20)16-10-18(13-5-3-4-6-15(13)26-16)12-8-7-11(27(2,23)24)9-14(12)19(21)22/h3-9,16H,10H2,1-2H3/t16-/m0/s1. The summed E-state index contributed by atoms with van der Waals surface area (Å²) >= 11 is 0. The molecule has 0 aliphatic carbocycles. The summed E-state index contributed by atoms with van der Waals surface area (Å²) in [4.78, 5) is 24.3. The lowest BCUT2D eigenvalue weighted by Gasteiger charge is -2.34. The third-order valence-electron chi connectivity index (χ3n) is 4.10. The Balaban J connectivity index is 2.16. The molecule has 9 nitrogen and oxygen atoms in total. The molecule has 1 aliphatic rings. The summed E-state index contributed by atoms with van der Waals surface area (Å²) in [5.74, 6) is -0.259. The van der Waals surface area contributed by atoms with E-state index in [4.69, 9.17) is 9.47 Å². The molecule has 1 atom stereocenters. The van der Waals surface area contributed by atoms with Crippen LogP contribution in [0.1, 0.15) is 0 Å². The number of rotatable bonds is 4. The van der Waals surface area contributed by atoms with Gasteiger partial charge in [-0.25, -0.2) is 13.2 Å². The van der Waals surface area contributed by atoms with Crippen LogP contribution in [0.5, 0.6) is 5.75 Å². The number of benzene rings is 2. The van der Waals surface area contributed by atoms with E-state index in [-0.39, 0.29) is 17.1 Å². The van der Waals surface area contributed by atoms with Crippen LogP contribution in [-0.4, -0.2) is 45.3 Å². The number of para-hydroxylation sites is 2. The Kier molecular flexibility index (Phi) is 4.75. The summed E-state index contributed by atoms with van der Waals surface area (Å²) in [6.07, 6.45) is -0.0117. The molecule has 0 unspecified atom stereocenters. The number of methoxy groups -OCH3 is 1. The van der Waals surface area contributed by atoms with Gasteiger partial charge in [0.2, 0.25) is 6.10 Å². The van der Waals surface area contributed by atoms with Gasteiger partial charge in [-0.2, -0.15) is 0 Å². The minimum Gasteiger partial charge on any atom is -0.475 e. The van der Waals surface area contributed by atoms with Gasteiger partial charge in [-0.1, -0.05) is 12.1 Å². The number of carbonyl (C=O) groups is 1. The fraction of sp³-hybridized carbons (Fsp3) is 0.235. The first-order valence-electron chi connectivity index (χ1n) is 7.82. The first-order chi connectivity index (χ1) is 12.7. The molecule has 142 valence electrons. The normalized spacial score (nSPS) is 16.2. The fourth-order valence-corrected chi connectivity index (χ4v) is 3.47. The average Bonchev–Trinajstić information content (AvgIpc) is 2.65. The number of nitro benzene ring substituents is 1. The summed E-state index contributed by atoms with van der Waals surface area (Å²) in [6.45, 7) is -0.0251. The van der Waals surface area contributed by atoms with Crippen molar-refractivity contribution in [1.82, 2.24) is 0 Å². The van der Waals surface area contributed by atoms with Gasteiger partial charge in [0.05, 0.1) is 29.2 Å². The third-order valence-corrected chi connectivity index (χ3v) is 5.21. The van der Waals surface area contributed by atoms with Gasteiger partial charge < -0.3 is 14.4 Å². The van der Waals surface area contributed by atoms with Crippen LogP contribution in [0.25, 0.3) is 0 Å². The Morgan fingerprint density at radius 2 is 1.96 bits per heavy atom. The number of ether oxygens (including phenoxy) is 2. The molecule has 0 spiro atoms. The Morgan fingerprint density at radius 1 is 1.26 bits per heavy atom. The Morgan fingerprint density at radius 3 is 2.59 bits per heavy atom. The van der Waals surface area contributed by atoms with Crippen molar-refractivity contribution in [3.63, 3.8) is 0 Å². The van der Waals surface area contributed by atoms with Crippen molar-refractivity contribution in [2.75, 3.05) is 24.8 Å². The maximum atomic E-state index is 12.0. The molecule has 0 bridgehead atoms. The summed E-state index contributed by atoms with van der Waals surface area (Å²) in [5, 5.41) is 11.6. The molecule has 1 heterocycles. The predicted molar refractivity (Wildman–Crippen MR) is 96.1 cm³/mol. The number of hydrogen-bond donors (Lipinski definition) is 0. The number of sulfone groups is 1. The van der Waals surface area contributed by atoms with Crippen molar-refractivity contribution in [1.29, 1.82) is 0 Å². The fourth-order valence-electron chi connectivity index (χ4n) is 2.83. The molecule has 0 saturated carbocycles. The van der Waals surface area contributed by atoms with Crippen LogP contribution in [0, 0.1) is 10.1 Å². The highest BCUT2D eigenvalue weighted by Crippen LogP contribution is 2.42. The van der Waals surface area contributed by atoms with Crippen LogP contribution >= 0.6 is 0 Å².